The molecule has 0 amide bonds. The third kappa shape index (κ3) is 6.06. The molecule has 0 aromatic heterocycles. The highest BCUT2D eigenvalue weighted by Crippen LogP contribution is 2.13. The first-order chi connectivity index (χ1) is 8.76. The number of hydrogen-bond donors (Lipinski definition) is 1. The van der Waals surface area contributed by atoms with Gasteiger partial charge in [-0.15, -0.1) is 0 Å². The van der Waals surface area contributed by atoms with Crippen molar-refractivity contribution in [1.82, 2.24) is 0 Å². The van der Waals surface area contributed by atoms with Crippen LogP contribution in [0.4, 0.5) is 0 Å². The first kappa shape index (κ1) is 15.0. The summed E-state index contributed by atoms with van der Waals surface area (Å²) in [6.45, 7) is 6.13. The molecular formula is C16H26O2. The van der Waals surface area contributed by atoms with E-state index >= 15 is 0 Å². The molecule has 2 nitrogen and oxygen atoms in total. The Hall–Kier alpha value is -1.02. The normalized spacial score (nSPS) is 12.6. The summed E-state index contributed by atoms with van der Waals surface area (Å²) < 4.78 is 5.76. The molecule has 0 spiro atoms. The molecule has 1 aromatic carbocycles. The molecule has 2 heteroatoms. The second-order valence-electron chi connectivity index (χ2n) is 4.91. The Bertz CT molecular complexity index is 305. The van der Waals surface area contributed by atoms with Crippen LogP contribution in [0.3, 0.4) is 0 Å². The zero-order chi connectivity index (χ0) is 13.2. The largest absolute Gasteiger partial charge is 0.508 e. The Morgan fingerprint density at radius 2 is 1.89 bits per heavy atom. The number of unbranched alkanes of at least 4 members (excludes halogenated alkanes) is 1. The van der Waals surface area contributed by atoms with Crippen LogP contribution in [-0.4, -0.2) is 18.3 Å². The lowest BCUT2D eigenvalue weighted by atomic mass is 10.0. The molecule has 0 fully saturated rings. The third-order valence-electron chi connectivity index (χ3n) is 3.37. The van der Waals surface area contributed by atoms with E-state index in [1.807, 2.05) is 12.1 Å². The minimum absolute atomic E-state index is 0.324. The maximum Gasteiger partial charge on any atom is 0.115 e. The van der Waals surface area contributed by atoms with Crippen LogP contribution in [0, 0.1) is 5.92 Å². The molecule has 1 N–H and O–H groups in total. The van der Waals surface area contributed by atoms with Gasteiger partial charge in [-0.1, -0.05) is 45.2 Å². The maximum absolute atomic E-state index is 9.18. The summed E-state index contributed by atoms with van der Waals surface area (Å²) in [5, 5.41) is 9.18. The van der Waals surface area contributed by atoms with Crippen molar-refractivity contribution < 1.29 is 9.84 Å². The highest BCUT2D eigenvalue weighted by molar-refractivity contribution is 5.25. The average molecular weight is 250 g/mol. The van der Waals surface area contributed by atoms with Gasteiger partial charge in [0.15, 0.2) is 0 Å². The van der Waals surface area contributed by atoms with Crippen LogP contribution in [0.2, 0.25) is 0 Å². The van der Waals surface area contributed by atoms with Gasteiger partial charge in [-0.05, 0) is 36.5 Å². The standard InChI is InChI=1S/C16H26O2/c1-3-5-6-14(4-2)13-18-12-11-15-7-9-16(17)10-8-15/h7-10,14,17H,3-6,11-13H2,1-2H3. The van der Waals surface area contributed by atoms with Gasteiger partial charge < -0.3 is 9.84 Å². The smallest absolute Gasteiger partial charge is 0.115 e. The molecule has 0 aliphatic heterocycles. The Morgan fingerprint density at radius 3 is 2.50 bits per heavy atom. The van der Waals surface area contributed by atoms with E-state index in [9.17, 15) is 5.11 Å². The van der Waals surface area contributed by atoms with E-state index in [1.54, 1.807) is 12.1 Å². The molecular weight excluding hydrogens is 224 g/mol. The van der Waals surface area contributed by atoms with Crippen molar-refractivity contribution in [2.75, 3.05) is 13.2 Å². The van der Waals surface area contributed by atoms with Gasteiger partial charge in [-0.25, -0.2) is 0 Å². The first-order valence-corrected chi connectivity index (χ1v) is 7.11. The molecule has 0 aliphatic rings. The van der Waals surface area contributed by atoms with Crippen LogP contribution in [0.5, 0.6) is 5.75 Å². The van der Waals surface area contributed by atoms with Crippen molar-refractivity contribution in [3.63, 3.8) is 0 Å². The van der Waals surface area contributed by atoms with Gasteiger partial charge in [0.05, 0.1) is 6.61 Å². The van der Waals surface area contributed by atoms with Crippen molar-refractivity contribution in [2.45, 2.75) is 46.0 Å². The van der Waals surface area contributed by atoms with Crippen molar-refractivity contribution in [1.29, 1.82) is 0 Å². The Labute approximate surface area is 111 Å². The second kappa shape index (κ2) is 8.98. The molecule has 0 saturated heterocycles. The van der Waals surface area contributed by atoms with Crippen LogP contribution in [0.1, 0.15) is 45.1 Å². The lowest BCUT2D eigenvalue weighted by Crippen LogP contribution is -2.10. The average Bonchev–Trinajstić information content (AvgIpc) is 2.40. The monoisotopic (exact) mass is 250 g/mol. The van der Waals surface area contributed by atoms with E-state index in [0.29, 0.717) is 11.7 Å². The SMILES string of the molecule is CCCCC(CC)COCCc1ccc(O)cc1. The van der Waals surface area contributed by atoms with E-state index in [-0.39, 0.29) is 0 Å². The molecule has 18 heavy (non-hydrogen) atoms. The third-order valence-corrected chi connectivity index (χ3v) is 3.37. The minimum atomic E-state index is 0.324. The summed E-state index contributed by atoms with van der Waals surface area (Å²) in [5.41, 5.74) is 1.22. The highest BCUT2D eigenvalue weighted by Gasteiger charge is 2.05. The maximum atomic E-state index is 9.18. The van der Waals surface area contributed by atoms with Crippen molar-refractivity contribution in [3.8, 4) is 5.75 Å². The minimum Gasteiger partial charge on any atom is -0.508 e. The number of benzene rings is 1. The Kier molecular flexibility index (Phi) is 7.51. The van der Waals surface area contributed by atoms with Gasteiger partial charge in [0.2, 0.25) is 0 Å². The number of phenols is 1. The van der Waals surface area contributed by atoms with Gasteiger partial charge in [0, 0.05) is 6.61 Å². The quantitative estimate of drug-likeness (QED) is 0.667. The molecule has 1 rings (SSSR count). The summed E-state index contributed by atoms with van der Waals surface area (Å²) in [5.74, 6) is 1.04. The predicted octanol–water partition coefficient (Wildman–Crippen LogP) is 4.17. The molecule has 1 atom stereocenters. The van der Waals surface area contributed by atoms with E-state index in [1.165, 1.54) is 31.2 Å². The highest BCUT2D eigenvalue weighted by atomic mass is 16.5. The predicted molar refractivity (Wildman–Crippen MR) is 75.9 cm³/mol. The lowest BCUT2D eigenvalue weighted by molar-refractivity contribution is 0.0963. The fourth-order valence-electron chi connectivity index (χ4n) is 2.00. The van der Waals surface area contributed by atoms with E-state index in [4.69, 9.17) is 4.74 Å². The van der Waals surface area contributed by atoms with Crippen LogP contribution in [0.25, 0.3) is 0 Å². The van der Waals surface area contributed by atoms with Crippen LogP contribution in [0.15, 0.2) is 24.3 Å². The van der Waals surface area contributed by atoms with Gasteiger partial charge >= 0.3 is 0 Å². The Balaban J connectivity index is 2.15. The number of ether oxygens (including phenoxy) is 1. The number of aromatic hydroxyl groups is 1. The molecule has 0 saturated carbocycles. The molecule has 102 valence electrons. The number of phenolic OH excluding ortho intramolecular Hbond substituents is 1. The van der Waals surface area contributed by atoms with Gasteiger partial charge in [0.1, 0.15) is 5.75 Å². The summed E-state index contributed by atoms with van der Waals surface area (Å²) >= 11 is 0. The second-order valence-corrected chi connectivity index (χ2v) is 4.91. The summed E-state index contributed by atoms with van der Waals surface area (Å²) in [6.07, 6.45) is 5.99. The molecule has 1 aromatic rings. The summed E-state index contributed by atoms with van der Waals surface area (Å²) in [7, 11) is 0. The molecule has 0 radical (unpaired) electrons. The Morgan fingerprint density at radius 1 is 1.17 bits per heavy atom. The van der Waals surface area contributed by atoms with Gasteiger partial charge in [-0.2, -0.15) is 0 Å². The molecule has 0 heterocycles. The summed E-state index contributed by atoms with van der Waals surface area (Å²) in [6, 6.07) is 7.36. The summed E-state index contributed by atoms with van der Waals surface area (Å²) in [4.78, 5) is 0. The zero-order valence-corrected chi connectivity index (χ0v) is 11.7. The first-order valence-electron chi connectivity index (χ1n) is 7.11. The fraction of sp³-hybridized carbons (Fsp3) is 0.625. The molecule has 0 aliphatic carbocycles. The number of rotatable bonds is 9. The molecule has 1 unspecified atom stereocenters. The van der Waals surface area contributed by atoms with Crippen molar-refractivity contribution in [2.24, 2.45) is 5.92 Å². The van der Waals surface area contributed by atoms with Crippen LogP contribution >= 0.6 is 0 Å². The van der Waals surface area contributed by atoms with Crippen molar-refractivity contribution >= 4 is 0 Å². The van der Waals surface area contributed by atoms with Crippen molar-refractivity contribution in [3.05, 3.63) is 29.8 Å². The van der Waals surface area contributed by atoms with E-state index in [2.05, 4.69) is 13.8 Å². The lowest BCUT2D eigenvalue weighted by Gasteiger charge is -2.14. The van der Waals surface area contributed by atoms with Crippen LogP contribution in [-0.2, 0) is 11.2 Å². The van der Waals surface area contributed by atoms with Crippen LogP contribution < -0.4 is 0 Å². The fourth-order valence-corrected chi connectivity index (χ4v) is 2.00. The van der Waals surface area contributed by atoms with E-state index in [0.717, 1.165) is 19.6 Å². The van der Waals surface area contributed by atoms with E-state index < -0.39 is 0 Å². The topological polar surface area (TPSA) is 29.5 Å². The van der Waals surface area contributed by atoms with Gasteiger partial charge in [0.25, 0.3) is 0 Å². The van der Waals surface area contributed by atoms with Gasteiger partial charge in [-0.3, -0.25) is 0 Å². The number of hydrogen-bond acceptors (Lipinski definition) is 2. The zero-order valence-electron chi connectivity index (χ0n) is 11.7. The molecule has 0 bridgehead atoms.